The number of hydrogen-bond acceptors (Lipinski definition) is 5. The summed E-state index contributed by atoms with van der Waals surface area (Å²) in [5.74, 6) is 1.21. The first kappa shape index (κ1) is 19.1. The fourth-order valence-electron chi connectivity index (χ4n) is 3.65. The number of rotatable bonds is 4. The van der Waals surface area contributed by atoms with Crippen molar-refractivity contribution in [3.63, 3.8) is 0 Å². The van der Waals surface area contributed by atoms with Crippen molar-refractivity contribution in [3.05, 3.63) is 58.2 Å². The molecule has 0 bridgehead atoms. The van der Waals surface area contributed by atoms with Gasteiger partial charge in [0.15, 0.2) is 15.6 Å². The van der Waals surface area contributed by atoms with Crippen LogP contribution in [0.5, 0.6) is 0 Å². The highest BCUT2D eigenvalue weighted by molar-refractivity contribution is 7.91. The monoisotopic (exact) mass is 421 g/mol. The standard InChI is InChI=1S/C20H20ClNO5S/c1-12-3-5-16(26-12)10-22(15-7-8-28(24,25)11-15)20(23)19-13(2)17-9-14(21)4-6-18(17)27-19/h3-6,9,15H,7-8,10-11H2,1-2H3. The third-order valence-corrected chi connectivity index (χ3v) is 7.11. The third kappa shape index (κ3) is 3.56. The molecule has 0 N–H and O–H groups in total. The van der Waals surface area contributed by atoms with E-state index in [1.807, 2.05) is 13.0 Å². The Hall–Kier alpha value is -2.25. The molecule has 1 atom stereocenters. The molecule has 0 radical (unpaired) electrons. The topological polar surface area (TPSA) is 80.7 Å². The molecular formula is C20H20ClNO5S. The van der Waals surface area contributed by atoms with Crippen molar-refractivity contribution in [1.82, 2.24) is 4.90 Å². The average Bonchev–Trinajstić information content (AvgIpc) is 3.30. The van der Waals surface area contributed by atoms with Crippen LogP contribution in [0.1, 0.15) is 34.1 Å². The minimum Gasteiger partial charge on any atom is -0.464 e. The lowest BCUT2D eigenvalue weighted by Gasteiger charge is -2.26. The van der Waals surface area contributed by atoms with E-state index in [0.717, 1.165) is 11.1 Å². The Kier molecular flexibility index (Phi) is 4.75. The third-order valence-electron chi connectivity index (χ3n) is 5.12. The van der Waals surface area contributed by atoms with Crippen LogP contribution in [0.15, 0.2) is 39.2 Å². The molecule has 4 rings (SSSR count). The Balaban J connectivity index is 1.73. The highest BCUT2D eigenvalue weighted by Crippen LogP contribution is 2.31. The SMILES string of the molecule is Cc1ccc(CN(C(=O)c2oc3ccc(Cl)cc3c2C)C2CCS(=O)(=O)C2)o1. The van der Waals surface area contributed by atoms with Crippen molar-refractivity contribution in [1.29, 1.82) is 0 Å². The van der Waals surface area contributed by atoms with E-state index in [4.69, 9.17) is 20.4 Å². The molecule has 2 aromatic heterocycles. The van der Waals surface area contributed by atoms with Crippen molar-refractivity contribution in [2.24, 2.45) is 0 Å². The Labute approximate surface area is 168 Å². The second kappa shape index (κ2) is 6.97. The quantitative estimate of drug-likeness (QED) is 0.632. The number of benzene rings is 1. The zero-order valence-electron chi connectivity index (χ0n) is 15.6. The molecule has 1 aromatic carbocycles. The Morgan fingerprint density at radius 1 is 1.21 bits per heavy atom. The maximum Gasteiger partial charge on any atom is 0.290 e. The molecule has 0 spiro atoms. The molecule has 1 unspecified atom stereocenters. The van der Waals surface area contributed by atoms with Gasteiger partial charge in [0.25, 0.3) is 5.91 Å². The maximum atomic E-state index is 13.4. The number of carbonyl (C=O) groups excluding carboxylic acids is 1. The summed E-state index contributed by atoms with van der Waals surface area (Å²) in [6.07, 6.45) is 0.402. The molecule has 3 aromatic rings. The fraction of sp³-hybridized carbons (Fsp3) is 0.350. The van der Waals surface area contributed by atoms with Gasteiger partial charge >= 0.3 is 0 Å². The number of aryl methyl sites for hydroxylation is 2. The number of fused-ring (bicyclic) bond motifs is 1. The predicted molar refractivity (Wildman–Crippen MR) is 106 cm³/mol. The van der Waals surface area contributed by atoms with Gasteiger partial charge in [0.2, 0.25) is 0 Å². The van der Waals surface area contributed by atoms with E-state index >= 15 is 0 Å². The van der Waals surface area contributed by atoms with Gasteiger partial charge in [-0.1, -0.05) is 11.6 Å². The van der Waals surface area contributed by atoms with Gasteiger partial charge in [0, 0.05) is 22.0 Å². The highest BCUT2D eigenvalue weighted by atomic mass is 35.5. The van der Waals surface area contributed by atoms with Gasteiger partial charge in [-0.2, -0.15) is 0 Å². The lowest BCUT2D eigenvalue weighted by Crippen LogP contribution is -2.40. The van der Waals surface area contributed by atoms with Gasteiger partial charge in [0.05, 0.1) is 18.1 Å². The van der Waals surface area contributed by atoms with Crippen LogP contribution in [-0.4, -0.2) is 36.8 Å². The number of carbonyl (C=O) groups is 1. The molecule has 0 saturated carbocycles. The Bertz CT molecular complexity index is 1160. The number of nitrogens with zero attached hydrogens (tertiary/aromatic N) is 1. The van der Waals surface area contributed by atoms with Crippen LogP contribution in [0.4, 0.5) is 0 Å². The summed E-state index contributed by atoms with van der Waals surface area (Å²) in [4.78, 5) is 14.9. The van der Waals surface area contributed by atoms with E-state index in [9.17, 15) is 13.2 Å². The highest BCUT2D eigenvalue weighted by Gasteiger charge is 2.37. The normalized spacial score (nSPS) is 18.6. The summed E-state index contributed by atoms with van der Waals surface area (Å²) in [6, 6.07) is 8.38. The molecule has 8 heteroatoms. The number of sulfone groups is 1. The first-order valence-electron chi connectivity index (χ1n) is 8.99. The van der Waals surface area contributed by atoms with Gasteiger partial charge in [-0.25, -0.2) is 8.42 Å². The van der Waals surface area contributed by atoms with Crippen LogP contribution in [-0.2, 0) is 16.4 Å². The zero-order valence-corrected chi connectivity index (χ0v) is 17.1. The molecule has 1 amide bonds. The van der Waals surface area contributed by atoms with Crippen LogP contribution in [0.25, 0.3) is 11.0 Å². The molecule has 6 nitrogen and oxygen atoms in total. The minimum absolute atomic E-state index is 0.0520. The summed E-state index contributed by atoms with van der Waals surface area (Å²) in [5, 5.41) is 1.32. The van der Waals surface area contributed by atoms with Crippen molar-refractivity contribution >= 4 is 38.3 Å². The van der Waals surface area contributed by atoms with Gasteiger partial charge in [-0.05, 0) is 50.6 Å². The van der Waals surface area contributed by atoms with E-state index in [1.165, 1.54) is 0 Å². The molecule has 1 aliphatic rings. The molecule has 1 fully saturated rings. The molecule has 1 aliphatic heterocycles. The van der Waals surface area contributed by atoms with Crippen molar-refractivity contribution in [2.75, 3.05) is 11.5 Å². The summed E-state index contributed by atoms with van der Waals surface area (Å²) in [6.45, 7) is 3.81. The number of hydrogen-bond donors (Lipinski definition) is 0. The lowest BCUT2D eigenvalue weighted by atomic mass is 10.1. The van der Waals surface area contributed by atoms with E-state index in [2.05, 4.69) is 0 Å². The van der Waals surface area contributed by atoms with E-state index in [1.54, 1.807) is 36.1 Å². The summed E-state index contributed by atoms with van der Waals surface area (Å²) >= 11 is 6.07. The van der Waals surface area contributed by atoms with E-state index < -0.39 is 15.9 Å². The second-order valence-corrected chi connectivity index (χ2v) is 9.86. The minimum atomic E-state index is -3.16. The van der Waals surface area contributed by atoms with Gasteiger partial charge in [-0.15, -0.1) is 0 Å². The number of halogens is 1. The van der Waals surface area contributed by atoms with Gasteiger partial charge in [-0.3, -0.25) is 4.79 Å². The first-order chi connectivity index (χ1) is 13.2. The van der Waals surface area contributed by atoms with E-state index in [-0.39, 0.29) is 29.7 Å². The zero-order chi connectivity index (χ0) is 20.1. The summed E-state index contributed by atoms with van der Waals surface area (Å²) in [7, 11) is -3.16. The maximum absolute atomic E-state index is 13.4. The van der Waals surface area contributed by atoms with Gasteiger partial charge < -0.3 is 13.7 Å². The second-order valence-electron chi connectivity index (χ2n) is 7.20. The van der Waals surface area contributed by atoms with Crippen LogP contribution in [0.2, 0.25) is 5.02 Å². The summed E-state index contributed by atoms with van der Waals surface area (Å²) in [5.41, 5.74) is 1.25. The molecular weight excluding hydrogens is 402 g/mol. The smallest absolute Gasteiger partial charge is 0.290 e. The predicted octanol–water partition coefficient (Wildman–Crippen LogP) is 4.13. The van der Waals surface area contributed by atoms with Crippen molar-refractivity contribution < 1.29 is 22.0 Å². The fourth-order valence-corrected chi connectivity index (χ4v) is 5.56. The van der Waals surface area contributed by atoms with Crippen molar-refractivity contribution in [3.8, 4) is 0 Å². The van der Waals surface area contributed by atoms with Crippen molar-refractivity contribution in [2.45, 2.75) is 32.9 Å². The molecule has 1 saturated heterocycles. The van der Waals surface area contributed by atoms with Crippen LogP contribution in [0, 0.1) is 13.8 Å². The van der Waals surface area contributed by atoms with Gasteiger partial charge in [0.1, 0.15) is 17.1 Å². The molecule has 3 heterocycles. The summed E-state index contributed by atoms with van der Waals surface area (Å²) < 4.78 is 35.5. The first-order valence-corrected chi connectivity index (χ1v) is 11.2. The Morgan fingerprint density at radius 3 is 2.64 bits per heavy atom. The largest absolute Gasteiger partial charge is 0.464 e. The molecule has 148 valence electrons. The molecule has 28 heavy (non-hydrogen) atoms. The van der Waals surface area contributed by atoms with E-state index in [0.29, 0.717) is 28.4 Å². The molecule has 0 aliphatic carbocycles. The van der Waals surface area contributed by atoms with Crippen LogP contribution >= 0.6 is 11.6 Å². The van der Waals surface area contributed by atoms with Crippen LogP contribution < -0.4 is 0 Å². The average molecular weight is 422 g/mol. The van der Waals surface area contributed by atoms with Crippen LogP contribution in [0.3, 0.4) is 0 Å². The number of amides is 1. The lowest BCUT2D eigenvalue weighted by molar-refractivity contribution is 0.0634. The number of furan rings is 2. The Morgan fingerprint density at radius 2 is 2.00 bits per heavy atom.